The number of terminal acetylenes is 1. The van der Waals surface area contributed by atoms with Crippen LogP contribution in [0.4, 0.5) is 0 Å². The molecule has 2 aromatic rings. The highest BCUT2D eigenvalue weighted by Gasteiger charge is 2.29. The van der Waals surface area contributed by atoms with Crippen LogP contribution < -0.4 is 5.32 Å². The number of aromatic nitrogens is 1. The fourth-order valence-corrected chi connectivity index (χ4v) is 4.34. The maximum absolute atomic E-state index is 12.4. The number of nitrogens with zero attached hydrogens (tertiary/aromatic N) is 2. The van der Waals surface area contributed by atoms with Crippen LogP contribution in [0.5, 0.6) is 0 Å². The maximum atomic E-state index is 12.4. The number of benzene rings is 1. The number of nitrogens with one attached hydrogen (secondary N) is 1. The first-order valence-corrected chi connectivity index (χ1v) is 10.6. The Balaban J connectivity index is 1.54. The summed E-state index contributed by atoms with van der Waals surface area (Å²) in [7, 11) is 1.77. The average molecular weight is 398 g/mol. The van der Waals surface area contributed by atoms with E-state index >= 15 is 0 Å². The SMILES string of the molecule is C#CCN(C)C(=O)CC1CCNCC1Cc1cc(CSc2ccccc2)on1. The van der Waals surface area contributed by atoms with Crippen molar-refractivity contribution in [3.63, 3.8) is 0 Å². The van der Waals surface area contributed by atoms with Crippen LogP contribution in [0.2, 0.25) is 0 Å². The Kier molecular flexibility index (Phi) is 7.58. The van der Waals surface area contributed by atoms with E-state index in [1.165, 1.54) is 4.90 Å². The lowest BCUT2D eigenvalue weighted by Crippen LogP contribution is -2.40. The minimum atomic E-state index is 0.120. The van der Waals surface area contributed by atoms with Crippen molar-refractivity contribution < 1.29 is 9.32 Å². The van der Waals surface area contributed by atoms with Gasteiger partial charge in [0.25, 0.3) is 0 Å². The number of carbonyl (C=O) groups is 1. The molecule has 1 fully saturated rings. The molecule has 1 N–H and O–H groups in total. The van der Waals surface area contributed by atoms with Gasteiger partial charge in [-0.2, -0.15) is 0 Å². The minimum Gasteiger partial charge on any atom is -0.360 e. The summed E-state index contributed by atoms with van der Waals surface area (Å²) in [5.74, 6) is 5.01. The summed E-state index contributed by atoms with van der Waals surface area (Å²) in [4.78, 5) is 15.2. The van der Waals surface area contributed by atoms with E-state index in [1.54, 1.807) is 23.7 Å². The van der Waals surface area contributed by atoms with E-state index < -0.39 is 0 Å². The highest BCUT2D eigenvalue weighted by atomic mass is 32.2. The summed E-state index contributed by atoms with van der Waals surface area (Å²) >= 11 is 1.74. The van der Waals surface area contributed by atoms with E-state index in [4.69, 9.17) is 10.9 Å². The predicted octanol–water partition coefficient (Wildman–Crippen LogP) is 3.22. The Hall–Kier alpha value is -2.23. The smallest absolute Gasteiger partial charge is 0.223 e. The van der Waals surface area contributed by atoms with Crippen molar-refractivity contribution in [3.05, 3.63) is 47.9 Å². The molecule has 2 atom stereocenters. The molecule has 0 bridgehead atoms. The summed E-state index contributed by atoms with van der Waals surface area (Å²) in [6.07, 6.45) is 7.68. The lowest BCUT2D eigenvalue weighted by molar-refractivity contribution is -0.131. The molecule has 6 heteroatoms. The van der Waals surface area contributed by atoms with Crippen LogP contribution in [0.3, 0.4) is 0 Å². The van der Waals surface area contributed by atoms with E-state index in [1.807, 2.05) is 24.3 Å². The molecule has 1 amide bonds. The van der Waals surface area contributed by atoms with Crippen molar-refractivity contribution in [2.45, 2.75) is 29.9 Å². The molecule has 2 unspecified atom stereocenters. The van der Waals surface area contributed by atoms with Crippen LogP contribution in [0.1, 0.15) is 24.3 Å². The highest BCUT2D eigenvalue weighted by Crippen LogP contribution is 2.28. The number of thioether (sulfide) groups is 1. The average Bonchev–Trinajstić information content (AvgIpc) is 3.16. The maximum Gasteiger partial charge on any atom is 0.223 e. The number of piperidine rings is 1. The van der Waals surface area contributed by atoms with Crippen molar-refractivity contribution in [2.24, 2.45) is 11.8 Å². The highest BCUT2D eigenvalue weighted by molar-refractivity contribution is 7.98. The Morgan fingerprint density at radius 2 is 2.21 bits per heavy atom. The first kappa shape index (κ1) is 20.5. The van der Waals surface area contributed by atoms with E-state index in [0.29, 0.717) is 24.8 Å². The Bertz CT molecular complexity index is 800. The van der Waals surface area contributed by atoms with Gasteiger partial charge in [0, 0.05) is 24.4 Å². The van der Waals surface area contributed by atoms with Crippen molar-refractivity contribution in [1.29, 1.82) is 0 Å². The van der Waals surface area contributed by atoms with Gasteiger partial charge in [-0.3, -0.25) is 4.79 Å². The van der Waals surface area contributed by atoms with Gasteiger partial charge in [-0.25, -0.2) is 0 Å². The summed E-state index contributed by atoms with van der Waals surface area (Å²) in [5.41, 5.74) is 0.965. The number of hydrogen-bond acceptors (Lipinski definition) is 5. The number of carbonyl (C=O) groups excluding carboxylic acids is 1. The van der Waals surface area contributed by atoms with Gasteiger partial charge in [-0.15, -0.1) is 18.2 Å². The third kappa shape index (κ3) is 5.88. The van der Waals surface area contributed by atoms with Crippen molar-refractivity contribution in [2.75, 3.05) is 26.7 Å². The molecule has 148 valence electrons. The molecule has 1 aliphatic rings. The molecule has 28 heavy (non-hydrogen) atoms. The third-order valence-electron chi connectivity index (χ3n) is 5.16. The molecular formula is C22H27N3O2S. The van der Waals surface area contributed by atoms with Crippen molar-refractivity contribution >= 4 is 17.7 Å². The molecule has 0 radical (unpaired) electrons. The summed E-state index contributed by atoms with van der Waals surface area (Å²) in [5, 5.41) is 7.71. The van der Waals surface area contributed by atoms with Crippen LogP contribution in [0.25, 0.3) is 0 Å². The van der Waals surface area contributed by atoms with Crippen LogP contribution >= 0.6 is 11.8 Å². The molecular weight excluding hydrogens is 370 g/mol. The topological polar surface area (TPSA) is 58.4 Å². The van der Waals surface area contributed by atoms with Gasteiger partial charge in [0.15, 0.2) is 0 Å². The predicted molar refractivity (Wildman–Crippen MR) is 112 cm³/mol. The van der Waals surface area contributed by atoms with Crippen LogP contribution in [0.15, 0.2) is 45.8 Å². The first-order valence-electron chi connectivity index (χ1n) is 9.66. The standard InChI is InChI=1S/C22H27N3O2S/c1-3-11-25(2)22(26)13-17-9-10-23-15-18(17)12-19-14-20(27-24-19)16-28-21-7-5-4-6-8-21/h1,4-8,14,17-18,23H,9-13,15-16H2,2H3. The fraction of sp³-hybridized carbons (Fsp3) is 0.455. The molecule has 3 rings (SSSR count). The number of rotatable bonds is 8. The zero-order valence-electron chi connectivity index (χ0n) is 16.3. The summed E-state index contributed by atoms with van der Waals surface area (Å²) < 4.78 is 5.53. The second kappa shape index (κ2) is 10.4. The van der Waals surface area contributed by atoms with E-state index in [0.717, 1.165) is 43.1 Å². The number of amides is 1. The van der Waals surface area contributed by atoms with Gasteiger partial charge < -0.3 is 14.7 Å². The molecule has 0 saturated carbocycles. The van der Waals surface area contributed by atoms with Gasteiger partial charge in [-0.1, -0.05) is 29.3 Å². The second-order valence-electron chi connectivity index (χ2n) is 7.26. The van der Waals surface area contributed by atoms with Crippen LogP contribution in [-0.2, 0) is 17.0 Å². The van der Waals surface area contributed by atoms with E-state index in [9.17, 15) is 4.79 Å². The third-order valence-corrected chi connectivity index (χ3v) is 6.19. The summed E-state index contributed by atoms with van der Waals surface area (Å²) in [6.45, 7) is 2.21. The molecule has 2 heterocycles. The number of hydrogen-bond donors (Lipinski definition) is 1. The van der Waals surface area contributed by atoms with Crippen molar-refractivity contribution in [3.8, 4) is 12.3 Å². The first-order chi connectivity index (χ1) is 13.7. The fourth-order valence-electron chi connectivity index (χ4n) is 3.55. The molecule has 1 saturated heterocycles. The normalized spacial score (nSPS) is 19.1. The minimum absolute atomic E-state index is 0.120. The zero-order chi connectivity index (χ0) is 19.8. The zero-order valence-corrected chi connectivity index (χ0v) is 17.1. The summed E-state index contributed by atoms with van der Waals surface area (Å²) in [6, 6.07) is 12.3. The monoisotopic (exact) mass is 397 g/mol. The molecule has 1 aliphatic heterocycles. The molecule has 5 nitrogen and oxygen atoms in total. The quantitative estimate of drug-likeness (QED) is 0.547. The molecule has 0 spiro atoms. The molecule has 0 aliphatic carbocycles. The largest absolute Gasteiger partial charge is 0.360 e. The molecule has 1 aromatic heterocycles. The Morgan fingerprint density at radius 3 is 3.00 bits per heavy atom. The van der Waals surface area contributed by atoms with Crippen LogP contribution in [0, 0.1) is 24.2 Å². The van der Waals surface area contributed by atoms with Gasteiger partial charge in [0.05, 0.1) is 18.0 Å². The van der Waals surface area contributed by atoms with E-state index in [-0.39, 0.29) is 5.91 Å². The van der Waals surface area contributed by atoms with Gasteiger partial charge in [0.2, 0.25) is 5.91 Å². The van der Waals surface area contributed by atoms with Crippen molar-refractivity contribution in [1.82, 2.24) is 15.4 Å². The van der Waals surface area contributed by atoms with Gasteiger partial charge in [-0.05, 0) is 49.9 Å². The Morgan fingerprint density at radius 1 is 1.39 bits per heavy atom. The molecule has 1 aromatic carbocycles. The van der Waals surface area contributed by atoms with Gasteiger partial charge in [0.1, 0.15) is 5.76 Å². The lowest BCUT2D eigenvalue weighted by atomic mass is 9.81. The lowest BCUT2D eigenvalue weighted by Gasteiger charge is -2.32. The van der Waals surface area contributed by atoms with Gasteiger partial charge >= 0.3 is 0 Å². The van der Waals surface area contributed by atoms with Crippen LogP contribution in [-0.4, -0.2) is 42.6 Å². The second-order valence-corrected chi connectivity index (χ2v) is 8.31. The Labute approximate surface area is 171 Å². The van der Waals surface area contributed by atoms with E-state index in [2.05, 4.69) is 28.5 Å².